The van der Waals surface area contributed by atoms with Crippen molar-refractivity contribution in [3.05, 3.63) is 35.1 Å². The highest BCUT2D eigenvalue weighted by Crippen LogP contribution is 2.08. The molecule has 1 aromatic carbocycles. The van der Waals surface area contributed by atoms with Crippen LogP contribution in [0.15, 0.2) is 18.2 Å². The fourth-order valence-corrected chi connectivity index (χ4v) is 1.26. The van der Waals surface area contributed by atoms with Gasteiger partial charge in [0.25, 0.3) is 0 Å². The quantitative estimate of drug-likeness (QED) is 0.767. The smallest absolute Gasteiger partial charge is 0.126 e. The van der Waals surface area contributed by atoms with Crippen molar-refractivity contribution in [2.45, 2.75) is 26.4 Å². The van der Waals surface area contributed by atoms with E-state index in [1.807, 2.05) is 13.0 Å². The van der Waals surface area contributed by atoms with Crippen LogP contribution in [0.25, 0.3) is 0 Å². The van der Waals surface area contributed by atoms with Gasteiger partial charge in [0.2, 0.25) is 0 Å². The third-order valence-electron chi connectivity index (χ3n) is 2.02. The molecular formula is C11H17FN2. The van der Waals surface area contributed by atoms with E-state index in [1.165, 1.54) is 6.07 Å². The van der Waals surface area contributed by atoms with E-state index in [1.54, 1.807) is 13.0 Å². The normalized spacial score (nSPS) is 12.9. The van der Waals surface area contributed by atoms with Crippen molar-refractivity contribution < 1.29 is 4.39 Å². The molecule has 0 heterocycles. The Morgan fingerprint density at radius 3 is 2.79 bits per heavy atom. The molecule has 78 valence electrons. The topological polar surface area (TPSA) is 38.0 Å². The van der Waals surface area contributed by atoms with Crippen molar-refractivity contribution in [3.63, 3.8) is 0 Å². The minimum absolute atomic E-state index is 0.150. The van der Waals surface area contributed by atoms with Gasteiger partial charge in [0.1, 0.15) is 5.82 Å². The fraction of sp³-hybridized carbons (Fsp3) is 0.455. The van der Waals surface area contributed by atoms with E-state index < -0.39 is 0 Å². The monoisotopic (exact) mass is 196 g/mol. The molecular weight excluding hydrogens is 179 g/mol. The molecule has 0 bridgehead atoms. The second-order valence-electron chi connectivity index (χ2n) is 3.69. The van der Waals surface area contributed by atoms with Crippen molar-refractivity contribution in [2.75, 3.05) is 6.54 Å². The van der Waals surface area contributed by atoms with E-state index >= 15 is 0 Å². The Bertz CT molecular complexity index is 297. The molecule has 3 N–H and O–H groups in total. The zero-order chi connectivity index (χ0) is 10.6. The first kappa shape index (κ1) is 11.1. The molecule has 0 aromatic heterocycles. The summed E-state index contributed by atoms with van der Waals surface area (Å²) in [6.07, 6.45) is 0. The number of rotatable bonds is 4. The Balaban J connectivity index is 2.47. The summed E-state index contributed by atoms with van der Waals surface area (Å²) in [5, 5.41) is 3.20. The molecule has 0 aliphatic heterocycles. The van der Waals surface area contributed by atoms with Gasteiger partial charge in [-0.3, -0.25) is 0 Å². The van der Waals surface area contributed by atoms with Crippen LogP contribution in [0, 0.1) is 12.7 Å². The van der Waals surface area contributed by atoms with Crippen LogP contribution in [0.4, 0.5) is 4.39 Å². The molecule has 0 fully saturated rings. The minimum Gasteiger partial charge on any atom is -0.327 e. The van der Waals surface area contributed by atoms with E-state index in [2.05, 4.69) is 5.32 Å². The highest BCUT2D eigenvalue weighted by Gasteiger charge is 1.99. The number of benzene rings is 1. The lowest BCUT2D eigenvalue weighted by Gasteiger charge is -2.08. The van der Waals surface area contributed by atoms with Crippen LogP contribution in [0.3, 0.4) is 0 Å². The van der Waals surface area contributed by atoms with E-state index in [0.29, 0.717) is 5.56 Å². The van der Waals surface area contributed by atoms with Crippen molar-refractivity contribution in [2.24, 2.45) is 5.73 Å². The van der Waals surface area contributed by atoms with Crippen LogP contribution in [0.2, 0.25) is 0 Å². The molecule has 14 heavy (non-hydrogen) atoms. The first-order valence-corrected chi connectivity index (χ1v) is 4.81. The number of nitrogens with one attached hydrogen (secondary N) is 1. The Morgan fingerprint density at radius 1 is 1.50 bits per heavy atom. The Morgan fingerprint density at radius 2 is 2.21 bits per heavy atom. The Labute approximate surface area is 84.3 Å². The highest BCUT2D eigenvalue weighted by atomic mass is 19.1. The second kappa shape index (κ2) is 5.08. The third-order valence-corrected chi connectivity index (χ3v) is 2.02. The zero-order valence-electron chi connectivity index (χ0n) is 8.68. The SMILES string of the molecule is Cc1cc(CNCC(C)N)ccc1F. The minimum atomic E-state index is -0.152. The van der Waals surface area contributed by atoms with Crippen molar-refractivity contribution in [3.8, 4) is 0 Å². The van der Waals surface area contributed by atoms with Crippen LogP contribution >= 0.6 is 0 Å². The molecule has 0 aliphatic carbocycles. The second-order valence-corrected chi connectivity index (χ2v) is 3.69. The van der Waals surface area contributed by atoms with Crippen LogP contribution in [-0.4, -0.2) is 12.6 Å². The lowest BCUT2D eigenvalue weighted by atomic mass is 10.1. The van der Waals surface area contributed by atoms with Crippen molar-refractivity contribution in [1.29, 1.82) is 0 Å². The van der Waals surface area contributed by atoms with Gasteiger partial charge in [0.15, 0.2) is 0 Å². The molecule has 0 radical (unpaired) electrons. The Hall–Kier alpha value is -0.930. The maximum atomic E-state index is 12.9. The van der Waals surface area contributed by atoms with Gasteiger partial charge in [-0.25, -0.2) is 4.39 Å². The van der Waals surface area contributed by atoms with Crippen molar-refractivity contribution in [1.82, 2.24) is 5.32 Å². The summed E-state index contributed by atoms with van der Waals surface area (Å²) in [4.78, 5) is 0. The average molecular weight is 196 g/mol. The summed E-state index contributed by atoms with van der Waals surface area (Å²) < 4.78 is 12.9. The molecule has 3 heteroatoms. The van der Waals surface area contributed by atoms with Gasteiger partial charge in [-0.1, -0.05) is 12.1 Å². The molecule has 1 atom stereocenters. The van der Waals surface area contributed by atoms with Gasteiger partial charge < -0.3 is 11.1 Å². The highest BCUT2D eigenvalue weighted by molar-refractivity contribution is 5.23. The first-order valence-electron chi connectivity index (χ1n) is 4.81. The number of hydrogen-bond donors (Lipinski definition) is 2. The summed E-state index contributed by atoms with van der Waals surface area (Å²) in [7, 11) is 0. The molecule has 1 rings (SSSR count). The lowest BCUT2D eigenvalue weighted by Crippen LogP contribution is -2.30. The van der Waals surface area contributed by atoms with Gasteiger partial charge in [0.05, 0.1) is 0 Å². The standard InChI is InChI=1S/C11H17FN2/c1-8-5-10(3-4-11(8)12)7-14-6-9(2)13/h3-5,9,14H,6-7,13H2,1-2H3. The summed E-state index contributed by atoms with van der Waals surface area (Å²) in [6, 6.07) is 5.29. The van der Waals surface area contributed by atoms with Crippen LogP contribution in [0.1, 0.15) is 18.1 Å². The molecule has 0 saturated carbocycles. The fourth-order valence-electron chi connectivity index (χ4n) is 1.26. The molecule has 0 saturated heterocycles. The van der Waals surface area contributed by atoms with Gasteiger partial charge in [0, 0.05) is 19.1 Å². The number of aryl methyl sites for hydroxylation is 1. The van der Waals surface area contributed by atoms with Crippen LogP contribution < -0.4 is 11.1 Å². The van der Waals surface area contributed by atoms with Crippen LogP contribution in [0.5, 0.6) is 0 Å². The van der Waals surface area contributed by atoms with E-state index in [4.69, 9.17) is 5.73 Å². The van der Waals surface area contributed by atoms with Gasteiger partial charge in [-0.2, -0.15) is 0 Å². The van der Waals surface area contributed by atoms with E-state index in [0.717, 1.165) is 18.7 Å². The summed E-state index contributed by atoms with van der Waals surface area (Å²) >= 11 is 0. The average Bonchev–Trinajstić information content (AvgIpc) is 2.10. The molecule has 0 aliphatic rings. The van der Waals surface area contributed by atoms with Crippen molar-refractivity contribution >= 4 is 0 Å². The molecule has 2 nitrogen and oxygen atoms in total. The predicted octanol–water partition coefficient (Wildman–Crippen LogP) is 1.57. The van der Waals surface area contributed by atoms with Gasteiger partial charge in [-0.05, 0) is 31.0 Å². The molecule has 1 unspecified atom stereocenters. The van der Waals surface area contributed by atoms with E-state index in [9.17, 15) is 4.39 Å². The summed E-state index contributed by atoms with van der Waals surface area (Å²) in [5.74, 6) is -0.152. The van der Waals surface area contributed by atoms with E-state index in [-0.39, 0.29) is 11.9 Å². The molecule has 0 amide bonds. The van der Waals surface area contributed by atoms with Gasteiger partial charge >= 0.3 is 0 Å². The zero-order valence-corrected chi connectivity index (χ0v) is 8.68. The molecule has 1 aromatic rings. The third kappa shape index (κ3) is 3.44. The number of halogens is 1. The summed E-state index contributed by atoms with van der Waals surface area (Å²) in [5.41, 5.74) is 7.36. The number of hydrogen-bond acceptors (Lipinski definition) is 2. The first-order chi connectivity index (χ1) is 6.59. The number of nitrogens with two attached hydrogens (primary N) is 1. The maximum absolute atomic E-state index is 12.9. The largest absolute Gasteiger partial charge is 0.327 e. The van der Waals surface area contributed by atoms with Crippen LogP contribution in [-0.2, 0) is 6.54 Å². The van der Waals surface area contributed by atoms with Gasteiger partial charge in [-0.15, -0.1) is 0 Å². The predicted molar refractivity (Wildman–Crippen MR) is 56.5 cm³/mol. The Kier molecular flexibility index (Phi) is 4.04. The summed E-state index contributed by atoms with van der Waals surface area (Å²) in [6.45, 7) is 5.23. The molecule has 0 spiro atoms. The lowest BCUT2D eigenvalue weighted by molar-refractivity contribution is 0.601. The maximum Gasteiger partial charge on any atom is 0.126 e.